The van der Waals surface area contributed by atoms with Crippen LogP contribution in [0.4, 0.5) is 0 Å². The van der Waals surface area contributed by atoms with Crippen molar-refractivity contribution in [1.29, 1.82) is 0 Å². The van der Waals surface area contributed by atoms with Crippen LogP contribution in [0.15, 0.2) is 0 Å². The highest BCUT2D eigenvalue weighted by Crippen LogP contribution is 2.22. The predicted molar refractivity (Wildman–Crippen MR) is 60.0 cm³/mol. The summed E-state index contributed by atoms with van der Waals surface area (Å²) in [6.45, 7) is 2.17. The average Bonchev–Trinajstić information content (AvgIpc) is 2.73. The number of amides is 1. The molecule has 2 aliphatic rings. The maximum absolute atomic E-state index is 12.3. The van der Waals surface area contributed by atoms with Gasteiger partial charge in [-0.25, -0.2) is 0 Å². The van der Waals surface area contributed by atoms with E-state index in [-0.39, 0.29) is 24.5 Å². The molecule has 2 rings (SSSR count). The van der Waals surface area contributed by atoms with Gasteiger partial charge < -0.3 is 14.7 Å². The van der Waals surface area contributed by atoms with Crippen LogP contribution in [0.25, 0.3) is 0 Å². The summed E-state index contributed by atoms with van der Waals surface area (Å²) in [5, 5.41) is 9.35. The molecule has 4 nitrogen and oxygen atoms in total. The minimum Gasteiger partial charge on any atom is -0.394 e. The average molecular weight is 227 g/mol. The first-order chi connectivity index (χ1) is 7.83. The van der Waals surface area contributed by atoms with E-state index in [4.69, 9.17) is 4.74 Å². The molecule has 0 aromatic rings. The maximum atomic E-state index is 12.3. The zero-order valence-corrected chi connectivity index (χ0v) is 9.73. The second-order valence-electron chi connectivity index (χ2n) is 4.78. The second kappa shape index (κ2) is 5.64. The van der Waals surface area contributed by atoms with Crippen molar-refractivity contribution in [3.05, 3.63) is 0 Å². The summed E-state index contributed by atoms with van der Waals surface area (Å²) in [6, 6.07) is 0.0376. The summed E-state index contributed by atoms with van der Waals surface area (Å²) in [5.41, 5.74) is 0. The lowest BCUT2D eigenvalue weighted by molar-refractivity contribution is -0.138. The third-order valence-corrected chi connectivity index (χ3v) is 3.65. The minimum atomic E-state index is 0.0344. The SMILES string of the molecule is O=C(C1CCOC1)N1CCCCCC1CO. The fourth-order valence-electron chi connectivity index (χ4n) is 2.62. The van der Waals surface area contributed by atoms with Crippen LogP contribution in [0.2, 0.25) is 0 Å². The molecule has 0 spiro atoms. The first-order valence-electron chi connectivity index (χ1n) is 6.32. The number of rotatable bonds is 2. The minimum absolute atomic E-state index is 0.0344. The summed E-state index contributed by atoms with van der Waals surface area (Å²) in [4.78, 5) is 14.2. The summed E-state index contributed by atoms with van der Waals surface area (Å²) in [7, 11) is 0. The molecule has 0 aromatic carbocycles. The normalized spacial score (nSPS) is 31.4. The van der Waals surface area contributed by atoms with Crippen molar-refractivity contribution < 1.29 is 14.6 Å². The second-order valence-corrected chi connectivity index (χ2v) is 4.78. The van der Waals surface area contributed by atoms with Crippen molar-refractivity contribution >= 4 is 5.91 Å². The van der Waals surface area contributed by atoms with Crippen LogP contribution in [-0.4, -0.2) is 48.3 Å². The molecule has 0 aromatic heterocycles. The molecule has 0 bridgehead atoms. The number of likely N-dealkylation sites (tertiary alicyclic amines) is 1. The van der Waals surface area contributed by atoms with Crippen LogP contribution in [0.5, 0.6) is 0 Å². The molecule has 2 saturated heterocycles. The van der Waals surface area contributed by atoms with Crippen LogP contribution >= 0.6 is 0 Å². The van der Waals surface area contributed by atoms with E-state index in [2.05, 4.69) is 0 Å². The number of carbonyl (C=O) groups is 1. The summed E-state index contributed by atoms with van der Waals surface area (Å²) < 4.78 is 5.26. The van der Waals surface area contributed by atoms with Crippen LogP contribution < -0.4 is 0 Å². The third-order valence-electron chi connectivity index (χ3n) is 3.65. The molecule has 2 atom stereocenters. The zero-order chi connectivity index (χ0) is 11.4. The Morgan fingerprint density at radius 2 is 2.19 bits per heavy atom. The van der Waals surface area contributed by atoms with Gasteiger partial charge in [-0.3, -0.25) is 4.79 Å². The Balaban J connectivity index is 2.00. The Bertz CT molecular complexity index is 238. The Morgan fingerprint density at radius 3 is 2.88 bits per heavy atom. The van der Waals surface area contributed by atoms with Gasteiger partial charge in [-0.1, -0.05) is 12.8 Å². The van der Waals surface area contributed by atoms with Gasteiger partial charge in [0.1, 0.15) is 0 Å². The van der Waals surface area contributed by atoms with Gasteiger partial charge in [0.2, 0.25) is 5.91 Å². The van der Waals surface area contributed by atoms with Gasteiger partial charge in [0.25, 0.3) is 0 Å². The number of nitrogens with zero attached hydrogens (tertiary/aromatic N) is 1. The van der Waals surface area contributed by atoms with E-state index in [1.165, 1.54) is 6.42 Å². The van der Waals surface area contributed by atoms with Gasteiger partial charge in [0.05, 0.1) is 25.2 Å². The maximum Gasteiger partial charge on any atom is 0.228 e. The van der Waals surface area contributed by atoms with Gasteiger partial charge in [-0.15, -0.1) is 0 Å². The van der Waals surface area contributed by atoms with E-state index in [1.807, 2.05) is 4.90 Å². The van der Waals surface area contributed by atoms with Crippen LogP contribution in [-0.2, 0) is 9.53 Å². The van der Waals surface area contributed by atoms with E-state index in [1.54, 1.807) is 0 Å². The summed E-state index contributed by atoms with van der Waals surface area (Å²) >= 11 is 0. The summed E-state index contributed by atoms with van der Waals surface area (Å²) in [5.74, 6) is 0.227. The Kier molecular flexibility index (Phi) is 4.18. The molecule has 4 heteroatoms. The lowest BCUT2D eigenvalue weighted by atomic mass is 10.1. The number of aliphatic hydroxyl groups is 1. The first-order valence-corrected chi connectivity index (χ1v) is 6.32. The van der Waals surface area contributed by atoms with Gasteiger partial charge >= 0.3 is 0 Å². The van der Waals surface area contributed by atoms with Crippen molar-refractivity contribution in [3.63, 3.8) is 0 Å². The van der Waals surface area contributed by atoms with E-state index in [9.17, 15) is 9.90 Å². The Labute approximate surface area is 96.6 Å². The smallest absolute Gasteiger partial charge is 0.228 e. The predicted octanol–water partition coefficient (Wildman–Crippen LogP) is 0.786. The molecular weight excluding hydrogens is 206 g/mol. The molecule has 0 aliphatic carbocycles. The van der Waals surface area contributed by atoms with Crippen molar-refractivity contribution in [2.24, 2.45) is 5.92 Å². The molecular formula is C12H21NO3. The highest BCUT2D eigenvalue weighted by atomic mass is 16.5. The van der Waals surface area contributed by atoms with Gasteiger partial charge in [0.15, 0.2) is 0 Å². The topological polar surface area (TPSA) is 49.8 Å². The Morgan fingerprint density at radius 1 is 1.31 bits per heavy atom. The van der Waals surface area contributed by atoms with Crippen LogP contribution in [0.1, 0.15) is 32.1 Å². The zero-order valence-electron chi connectivity index (χ0n) is 9.73. The first kappa shape index (κ1) is 11.9. The summed E-state index contributed by atoms with van der Waals surface area (Å²) in [6.07, 6.45) is 5.14. The van der Waals surface area contributed by atoms with E-state index in [0.29, 0.717) is 13.2 Å². The lowest BCUT2D eigenvalue weighted by Gasteiger charge is -2.30. The number of carbonyl (C=O) groups excluding carboxylic acids is 1. The highest BCUT2D eigenvalue weighted by Gasteiger charge is 2.32. The standard InChI is InChI=1S/C12H21NO3/c14-8-11-4-2-1-3-6-13(11)12(15)10-5-7-16-9-10/h10-11,14H,1-9H2. The van der Waals surface area contributed by atoms with Gasteiger partial charge in [-0.2, -0.15) is 0 Å². The fourth-order valence-corrected chi connectivity index (χ4v) is 2.62. The van der Waals surface area contributed by atoms with E-state index >= 15 is 0 Å². The Hall–Kier alpha value is -0.610. The van der Waals surface area contributed by atoms with Gasteiger partial charge in [-0.05, 0) is 19.3 Å². The van der Waals surface area contributed by atoms with Crippen molar-refractivity contribution in [3.8, 4) is 0 Å². The monoisotopic (exact) mass is 227 g/mol. The molecule has 2 aliphatic heterocycles. The van der Waals surface area contributed by atoms with Crippen LogP contribution in [0, 0.1) is 5.92 Å². The third kappa shape index (κ3) is 2.55. The highest BCUT2D eigenvalue weighted by molar-refractivity contribution is 5.79. The fraction of sp³-hybridized carbons (Fsp3) is 0.917. The molecule has 0 radical (unpaired) electrons. The molecule has 2 heterocycles. The molecule has 2 fully saturated rings. The van der Waals surface area contributed by atoms with Crippen molar-refractivity contribution in [1.82, 2.24) is 4.90 Å². The lowest BCUT2D eigenvalue weighted by Crippen LogP contribution is -2.45. The van der Waals surface area contributed by atoms with E-state index in [0.717, 1.165) is 32.2 Å². The van der Waals surface area contributed by atoms with E-state index < -0.39 is 0 Å². The molecule has 2 unspecified atom stereocenters. The number of aliphatic hydroxyl groups excluding tert-OH is 1. The quantitative estimate of drug-likeness (QED) is 0.758. The van der Waals surface area contributed by atoms with Crippen molar-refractivity contribution in [2.75, 3.05) is 26.4 Å². The molecule has 16 heavy (non-hydrogen) atoms. The van der Waals surface area contributed by atoms with Crippen LogP contribution in [0.3, 0.4) is 0 Å². The number of ether oxygens (including phenoxy) is 1. The van der Waals surface area contributed by atoms with Gasteiger partial charge in [0, 0.05) is 13.2 Å². The molecule has 1 amide bonds. The number of hydrogen-bond acceptors (Lipinski definition) is 3. The molecule has 1 N–H and O–H groups in total. The molecule has 0 saturated carbocycles. The largest absolute Gasteiger partial charge is 0.394 e. The molecule has 92 valence electrons. The van der Waals surface area contributed by atoms with Crippen molar-refractivity contribution in [2.45, 2.75) is 38.1 Å². The number of hydrogen-bond donors (Lipinski definition) is 1.